The van der Waals surface area contributed by atoms with Gasteiger partial charge >= 0.3 is 5.97 Å². The zero-order chi connectivity index (χ0) is 13.0. The van der Waals surface area contributed by atoms with Gasteiger partial charge in [-0.05, 0) is 32.1 Å². The quantitative estimate of drug-likeness (QED) is 0.760. The molecule has 1 rings (SSSR count). The van der Waals surface area contributed by atoms with Crippen molar-refractivity contribution in [2.45, 2.75) is 58.3 Å². The molecule has 0 aromatic heterocycles. The van der Waals surface area contributed by atoms with Gasteiger partial charge in [0.2, 0.25) is 5.91 Å². The Morgan fingerprint density at radius 2 is 2.06 bits per heavy atom. The van der Waals surface area contributed by atoms with Crippen molar-refractivity contribution in [1.82, 2.24) is 5.32 Å². The van der Waals surface area contributed by atoms with Gasteiger partial charge in [-0.3, -0.25) is 4.79 Å². The third kappa shape index (κ3) is 4.34. The van der Waals surface area contributed by atoms with Gasteiger partial charge in [-0.2, -0.15) is 0 Å². The molecule has 1 aliphatic rings. The number of carboxylic acid groups (broad SMARTS) is 1. The normalized spacial score (nSPS) is 25.9. The average Bonchev–Trinajstić information content (AvgIpc) is 2.63. The molecule has 1 amide bonds. The fourth-order valence-electron chi connectivity index (χ4n) is 1.95. The Kier molecular flexibility index (Phi) is 4.93. The Balaban J connectivity index is 2.49. The molecular weight excluding hydrogens is 222 g/mol. The van der Waals surface area contributed by atoms with Crippen LogP contribution in [0.2, 0.25) is 0 Å². The highest BCUT2D eigenvalue weighted by Gasteiger charge is 2.31. The van der Waals surface area contributed by atoms with Crippen molar-refractivity contribution in [3.8, 4) is 0 Å². The second-order valence-electron chi connectivity index (χ2n) is 5.04. The highest BCUT2D eigenvalue weighted by atomic mass is 16.5. The van der Waals surface area contributed by atoms with Crippen LogP contribution in [0.5, 0.6) is 0 Å². The van der Waals surface area contributed by atoms with Crippen LogP contribution in [0.15, 0.2) is 0 Å². The molecule has 1 aliphatic heterocycles. The van der Waals surface area contributed by atoms with Crippen molar-refractivity contribution < 1.29 is 19.4 Å². The van der Waals surface area contributed by atoms with Crippen LogP contribution < -0.4 is 5.32 Å². The number of carboxylic acids is 1. The summed E-state index contributed by atoms with van der Waals surface area (Å²) in [6.45, 7) is 5.77. The molecule has 0 saturated carbocycles. The summed E-state index contributed by atoms with van der Waals surface area (Å²) < 4.78 is 5.40. The standard InChI is InChI=1S/C12H21NO4/c1-7(2)6-9(12(15)16)13-11(14)10-5-4-8(3)17-10/h7-10H,4-6H2,1-3H3,(H,13,14)(H,15,16)/t8-,9?,10-/m0/s1. The van der Waals surface area contributed by atoms with Crippen LogP contribution in [0.25, 0.3) is 0 Å². The number of amides is 1. The van der Waals surface area contributed by atoms with Crippen molar-refractivity contribution in [3.05, 3.63) is 0 Å². The first kappa shape index (κ1) is 14.0. The van der Waals surface area contributed by atoms with Crippen LogP contribution in [0.1, 0.15) is 40.0 Å². The second kappa shape index (κ2) is 6.00. The first-order valence-electron chi connectivity index (χ1n) is 6.08. The summed E-state index contributed by atoms with van der Waals surface area (Å²) in [4.78, 5) is 22.8. The van der Waals surface area contributed by atoms with Crippen LogP contribution in [0, 0.1) is 5.92 Å². The minimum atomic E-state index is -0.988. The molecule has 17 heavy (non-hydrogen) atoms. The molecule has 0 bridgehead atoms. The topological polar surface area (TPSA) is 75.6 Å². The average molecular weight is 243 g/mol. The van der Waals surface area contributed by atoms with Gasteiger partial charge in [-0.25, -0.2) is 4.79 Å². The van der Waals surface area contributed by atoms with Gasteiger partial charge in [0.15, 0.2) is 0 Å². The first-order chi connectivity index (χ1) is 7.90. The maximum atomic E-state index is 11.8. The van der Waals surface area contributed by atoms with E-state index in [1.54, 1.807) is 0 Å². The number of ether oxygens (including phenoxy) is 1. The maximum absolute atomic E-state index is 11.8. The molecule has 1 saturated heterocycles. The molecule has 0 radical (unpaired) electrons. The monoisotopic (exact) mass is 243 g/mol. The summed E-state index contributed by atoms with van der Waals surface area (Å²) in [5, 5.41) is 11.6. The Hall–Kier alpha value is -1.10. The molecule has 3 atom stereocenters. The van der Waals surface area contributed by atoms with Gasteiger partial charge in [0.1, 0.15) is 12.1 Å². The summed E-state index contributed by atoms with van der Waals surface area (Å²) in [6, 6.07) is -0.818. The number of nitrogens with one attached hydrogen (secondary N) is 1. The van der Waals surface area contributed by atoms with Crippen LogP contribution in [0.3, 0.4) is 0 Å². The van der Waals surface area contributed by atoms with E-state index in [0.717, 1.165) is 6.42 Å². The van der Waals surface area contributed by atoms with Crippen molar-refractivity contribution in [2.24, 2.45) is 5.92 Å². The van der Waals surface area contributed by atoms with Crippen LogP contribution in [-0.2, 0) is 14.3 Å². The zero-order valence-corrected chi connectivity index (χ0v) is 10.6. The van der Waals surface area contributed by atoms with Crippen molar-refractivity contribution in [1.29, 1.82) is 0 Å². The van der Waals surface area contributed by atoms with E-state index in [1.807, 2.05) is 20.8 Å². The molecule has 0 aromatic rings. The van der Waals surface area contributed by atoms with Gasteiger partial charge < -0.3 is 15.2 Å². The number of carbonyl (C=O) groups is 2. The molecule has 98 valence electrons. The second-order valence-corrected chi connectivity index (χ2v) is 5.04. The minimum Gasteiger partial charge on any atom is -0.480 e. The molecule has 1 fully saturated rings. The van der Waals surface area contributed by atoms with Crippen molar-refractivity contribution in [2.75, 3.05) is 0 Å². The summed E-state index contributed by atoms with van der Waals surface area (Å²) >= 11 is 0. The van der Waals surface area contributed by atoms with Crippen molar-refractivity contribution >= 4 is 11.9 Å². The highest BCUT2D eigenvalue weighted by molar-refractivity contribution is 5.86. The lowest BCUT2D eigenvalue weighted by Crippen LogP contribution is -2.46. The molecule has 1 heterocycles. The SMILES string of the molecule is CC(C)CC(NC(=O)[C@@H]1CC[C@H](C)O1)C(=O)O. The summed E-state index contributed by atoms with van der Waals surface area (Å²) in [5.41, 5.74) is 0. The van der Waals surface area contributed by atoms with Gasteiger partial charge in [-0.1, -0.05) is 13.8 Å². The van der Waals surface area contributed by atoms with Gasteiger partial charge in [0, 0.05) is 0 Å². The Morgan fingerprint density at radius 3 is 2.47 bits per heavy atom. The Labute approximate surface area is 102 Å². The van der Waals surface area contributed by atoms with Gasteiger partial charge in [0.25, 0.3) is 0 Å². The predicted molar refractivity (Wildman–Crippen MR) is 62.6 cm³/mol. The fourth-order valence-corrected chi connectivity index (χ4v) is 1.95. The molecule has 1 unspecified atom stereocenters. The largest absolute Gasteiger partial charge is 0.480 e. The van der Waals surface area contributed by atoms with Crippen LogP contribution in [-0.4, -0.2) is 35.2 Å². The molecule has 0 aliphatic carbocycles. The molecule has 5 heteroatoms. The summed E-state index contributed by atoms with van der Waals surface area (Å²) in [5.74, 6) is -1.07. The number of carbonyl (C=O) groups excluding carboxylic acids is 1. The molecule has 2 N–H and O–H groups in total. The Morgan fingerprint density at radius 1 is 1.41 bits per heavy atom. The predicted octanol–water partition coefficient (Wildman–Crippen LogP) is 1.17. The Bertz CT molecular complexity index is 290. The van der Waals surface area contributed by atoms with Crippen LogP contribution in [0.4, 0.5) is 0 Å². The summed E-state index contributed by atoms with van der Waals surface area (Å²) in [6.07, 6.45) is 1.54. The lowest BCUT2D eigenvalue weighted by molar-refractivity contribution is -0.144. The van der Waals surface area contributed by atoms with E-state index in [1.165, 1.54) is 0 Å². The molecule has 0 spiro atoms. The molecule has 0 aromatic carbocycles. The van der Waals surface area contributed by atoms with E-state index < -0.39 is 18.1 Å². The van der Waals surface area contributed by atoms with E-state index in [-0.39, 0.29) is 17.9 Å². The lowest BCUT2D eigenvalue weighted by atomic mass is 10.0. The van der Waals surface area contributed by atoms with Crippen LogP contribution >= 0.6 is 0 Å². The number of rotatable bonds is 5. The van der Waals surface area contributed by atoms with Gasteiger partial charge in [0.05, 0.1) is 6.10 Å². The van der Waals surface area contributed by atoms with E-state index >= 15 is 0 Å². The summed E-state index contributed by atoms with van der Waals surface area (Å²) in [7, 11) is 0. The number of aliphatic carboxylic acids is 1. The maximum Gasteiger partial charge on any atom is 0.326 e. The number of hydrogen-bond donors (Lipinski definition) is 2. The molecule has 5 nitrogen and oxygen atoms in total. The number of hydrogen-bond acceptors (Lipinski definition) is 3. The fraction of sp³-hybridized carbons (Fsp3) is 0.833. The van der Waals surface area contributed by atoms with E-state index in [0.29, 0.717) is 12.8 Å². The van der Waals surface area contributed by atoms with E-state index in [4.69, 9.17) is 9.84 Å². The third-order valence-electron chi connectivity index (χ3n) is 2.85. The van der Waals surface area contributed by atoms with E-state index in [2.05, 4.69) is 5.32 Å². The lowest BCUT2D eigenvalue weighted by Gasteiger charge is -2.19. The smallest absolute Gasteiger partial charge is 0.326 e. The first-order valence-corrected chi connectivity index (χ1v) is 6.08. The van der Waals surface area contributed by atoms with Gasteiger partial charge in [-0.15, -0.1) is 0 Å². The minimum absolute atomic E-state index is 0.0825. The van der Waals surface area contributed by atoms with E-state index in [9.17, 15) is 9.59 Å². The third-order valence-corrected chi connectivity index (χ3v) is 2.85. The molecular formula is C12H21NO4. The van der Waals surface area contributed by atoms with Crippen molar-refractivity contribution in [3.63, 3.8) is 0 Å². The highest BCUT2D eigenvalue weighted by Crippen LogP contribution is 2.19. The zero-order valence-electron chi connectivity index (χ0n) is 10.6.